The van der Waals surface area contributed by atoms with Crippen LogP contribution in [0.3, 0.4) is 0 Å². The van der Waals surface area contributed by atoms with E-state index >= 15 is 0 Å². The lowest BCUT2D eigenvalue weighted by Gasteiger charge is -2.39. The van der Waals surface area contributed by atoms with E-state index < -0.39 is 0 Å². The molecular weight excluding hydrogens is 212 g/mol. The van der Waals surface area contributed by atoms with Gasteiger partial charge in [-0.25, -0.2) is 0 Å². The zero-order valence-electron chi connectivity index (χ0n) is 11.8. The van der Waals surface area contributed by atoms with Crippen molar-refractivity contribution in [1.29, 1.82) is 0 Å². The number of carbonyl (C=O) groups excluding carboxylic acids is 1. The molecule has 2 nitrogen and oxygen atoms in total. The van der Waals surface area contributed by atoms with Crippen LogP contribution in [-0.4, -0.2) is 13.1 Å². The van der Waals surface area contributed by atoms with E-state index in [-0.39, 0.29) is 11.9 Å². The predicted molar refractivity (Wildman–Crippen MR) is 68.4 cm³/mol. The number of ether oxygens (including phenoxy) is 1. The molecule has 2 heteroatoms. The predicted octanol–water partition coefficient (Wildman–Crippen LogP) is 3.36. The first-order chi connectivity index (χ1) is 7.97. The molecule has 2 aliphatic rings. The van der Waals surface area contributed by atoms with Gasteiger partial charge in [-0.15, -0.1) is 0 Å². The minimum Gasteiger partial charge on any atom is -0.469 e. The molecule has 98 valence electrons. The van der Waals surface area contributed by atoms with Crippen molar-refractivity contribution in [1.82, 2.24) is 0 Å². The highest BCUT2D eigenvalue weighted by Gasteiger charge is 2.56. The van der Waals surface area contributed by atoms with Gasteiger partial charge in [-0.05, 0) is 48.3 Å². The lowest BCUT2D eigenvalue weighted by Crippen LogP contribution is -2.37. The normalized spacial score (nSPS) is 40.3. The Kier molecular flexibility index (Phi) is 3.51. The third-order valence-corrected chi connectivity index (χ3v) is 5.18. The van der Waals surface area contributed by atoms with Crippen molar-refractivity contribution >= 4 is 5.97 Å². The third-order valence-electron chi connectivity index (χ3n) is 5.18. The molecule has 2 saturated carbocycles. The van der Waals surface area contributed by atoms with Crippen LogP contribution in [0.2, 0.25) is 0 Å². The van der Waals surface area contributed by atoms with Gasteiger partial charge in [0.2, 0.25) is 0 Å². The second-order valence-electron chi connectivity index (χ2n) is 6.67. The lowest BCUT2D eigenvalue weighted by atomic mass is 9.66. The second kappa shape index (κ2) is 4.62. The quantitative estimate of drug-likeness (QED) is 0.705. The lowest BCUT2D eigenvalue weighted by molar-refractivity contribution is -0.149. The van der Waals surface area contributed by atoms with E-state index in [2.05, 4.69) is 27.7 Å². The molecule has 0 heterocycles. The number of hydrogen-bond acceptors (Lipinski definition) is 2. The molecule has 0 spiro atoms. The Morgan fingerprint density at radius 1 is 1.06 bits per heavy atom. The number of fused-ring (bicyclic) bond motifs is 2. The Balaban J connectivity index is 2.19. The fourth-order valence-corrected chi connectivity index (χ4v) is 4.80. The molecule has 0 saturated heterocycles. The smallest absolute Gasteiger partial charge is 0.308 e. The Morgan fingerprint density at radius 3 is 2.12 bits per heavy atom. The van der Waals surface area contributed by atoms with E-state index in [0.717, 1.165) is 30.1 Å². The van der Waals surface area contributed by atoms with Crippen molar-refractivity contribution in [3.8, 4) is 0 Å². The maximum absolute atomic E-state index is 11.8. The Hall–Kier alpha value is -0.530. The SMILES string of the molecule is COC(=O)C1CC2CC1C(C(C)C)C2C(C)C. The number of hydrogen-bond donors (Lipinski definition) is 0. The Morgan fingerprint density at radius 2 is 1.65 bits per heavy atom. The van der Waals surface area contributed by atoms with E-state index in [1.165, 1.54) is 13.5 Å². The molecule has 0 aliphatic heterocycles. The van der Waals surface area contributed by atoms with Crippen LogP contribution in [0.4, 0.5) is 0 Å². The van der Waals surface area contributed by atoms with Crippen LogP contribution in [0.15, 0.2) is 0 Å². The van der Waals surface area contributed by atoms with Crippen LogP contribution in [-0.2, 0) is 9.53 Å². The summed E-state index contributed by atoms with van der Waals surface area (Å²) in [5.74, 6) is 4.54. The first-order valence-corrected chi connectivity index (χ1v) is 7.05. The summed E-state index contributed by atoms with van der Waals surface area (Å²) in [6.07, 6.45) is 2.33. The van der Waals surface area contributed by atoms with Crippen LogP contribution >= 0.6 is 0 Å². The van der Waals surface area contributed by atoms with Crippen LogP contribution in [0.25, 0.3) is 0 Å². The average Bonchev–Trinajstić information content (AvgIpc) is 2.84. The summed E-state index contributed by atoms with van der Waals surface area (Å²) in [7, 11) is 1.53. The van der Waals surface area contributed by atoms with Gasteiger partial charge in [-0.3, -0.25) is 4.79 Å². The molecular formula is C15H26O2. The molecule has 5 atom stereocenters. The van der Waals surface area contributed by atoms with Gasteiger partial charge in [0, 0.05) is 0 Å². The first kappa shape index (κ1) is 12.9. The molecule has 0 aromatic rings. The maximum atomic E-state index is 11.8. The highest BCUT2D eigenvalue weighted by atomic mass is 16.5. The van der Waals surface area contributed by atoms with E-state index in [0.29, 0.717) is 11.8 Å². The van der Waals surface area contributed by atoms with E-state index in [1.807, 2.05) is 0 Å². The van der Waals surface area contributed by atoms with Gasteiger partial charge in [-0.1, -0.05) is 27.7 Å². The molecule has 0 N–H and O–H groups in total. The molecule has 2 rings (SSSR count). The third kappa shape index (κ3) is 2.00. The van der Waals surface area contributed by atoms with Crippen molar-refractivity contribution < 1.29 is 9.53 Å². The highest BCUT2D eigenvalue weighted by molar-refractivity contribution is 5.73. The van der Waals surface area contributed by atoms with Gasteiger partial charge in [0.05, 0.1) is 13.0 Å². The van der Waals surface area contributed by atoms with Gasteiger partial charge >= 0.3 is 5.97 Å². The van der Waals surface area contributed by atoms with Gasteiger partial charge in [-0.2, -0.15) is 0 Å². The molecule has 0 aromatic carbocycles. The minimum absolute atomic E-state index is 0.0327. The van der Waals surface area contributed by atoms with Crippen LogP contribution in [0, 0.1) is 41.4 Å². The molecule has 0 amide bonds. The van der Waals surface area contributed by atoms with Crippen molar-refractivity contribution in [2.45, 2.75) is 40.5 Å². The van der Waals surface area contributed by atoms with Crippen LogP contribution < -0.4 is 0 Å². The van der Waals surface area contributed by atoms with Gasteiger partial charge in [0.15, 0.2) is 0 Å². The molecule has 0 aromatic heterocycles. The molecule has 2 bridgehead atoms. The zero-order valence-corrected chi connectivity index (χ0v) is 11.8. The molecule has 0 radical (unpaired) electrons. The summed E-state index contributed by atoms with van der Waals surface area (Å²) in [4.78, 5) is 11.8. The van der Waals surface area contributed by atoms with Gasteiger partial charge in [0.25, 0.3) is 0 Å². The van der Waals surface area contributed by atoms with E-state index in [1.54, 1.807) is 0 Å². The topological polar surface area (TPSA) is 26.3 Å². The summed E-state index contributed by atoms with van der Waals surface area (Å²) < 4.78 is 4.97. The summed E-state index contributed by atoms with van der Waals surface area (Å²) >= 11 is 0. The van der Waals surface area contributed by atoms with Gasteiger partial charge < -0.3 is 4.74 Å². The molecule has 5 unspecified atom stereocenters. The fraction of sp³-hybridized carbons (Fsp3) is 0.933. The zero-order chi connectivity index (χ0) is 12.7. The van der Waals surface area contributed by atoms with Crippen LogP contribution in [0.5, 0.6) is 0 Å². The summed E-state index contributed by atoms with van der Waals surface area (Å²) in [6.45, 7) is 9.31. The van der Waals surface area contributed by atoms with Gasteiger partial charge in [0.1, 0.15) is 0 Å². The van der Waals surface area contributed by atoms with E-state index in [9.17, 15) is 4.79 Å². The highest BCUT2D eigenvalue weighted by Crippen LogP contribution is 2.59. The fourth-order valence-electron chi connectivity index (χ4n) is 4.80. The van der Waals surface area contributed by atoms with E-state index in [4.69, 9.17) is 4.74 Å². The minimum atomic E-state index is 0.0327. The Labute approximate surface area is 105 Å². The standard InChI is InChI=1S/C15H26O2/c1-8(2)13-10-6-11(14(13)9(3)4)12(7-10)15(16)17-5/h8-14H,6-7H2,1-5H3. The van der Waals surface area contributed by atoms with Crippen molar-refractivity contribution in [3.63, 3.8) is 0 Å². The first-order valence-electron chi connectivity index (χ1n) is 7.05. The van der Waals surface area contributed by atoms with Crippen molar-refractivity contribution in [2.75, 3.05) is 7.11 Å². The summed E-state index contributed by atoms with van der Waals surface area (Å²) in [5.41, 5.74) is 0. The van der Waals surface area contributed by atoms with Crippen LogP contribution in [0.1, 0.15) is 40.5 Å². The van der Waals surface area contributed by atoms with Crippen molar-refractivity contribution in [2.24, 2.45) is 41.4 Å². The Bertz CT molecular complexity index is 295. The molecule has 2 fully saturated rings. The molecule has 17 heavy (non-hydrogen) atoms. The average molecular weight is 238 g/mol. The monoisotopic (exact) mass is 238 g/mol. The number of esters is 1. The number of methoxy groups -OCH3 is 1. The largest absolute Gasteiger partial charge is 0.469 e. The summed E-state index contributed by atoms with van der Waals surface area (Å²) in [6, 6.07) is 0. The summed E-state index contributed by atoms with van der Waals surface area (Å²) in [5, 5.41) is 0. The number of rotatable bonds is 3. The molecule has 2 aliphatic carbocycles. The van der Waals surface area contributed by atoms with Crippen molar-refractivity contribution in [3.05, 3.63) is 0 Å². The second-order valence-corrected chi connectivity index (χ2v) is 6.67. The maximum Gasteiger partial charge on any atom is 0.308 e. The number of carbonyl (C=O) groups is 1.